The summed E-state index contributed by atoms with van der Waals surface area (Å²) in [6, 6.07) is 1.81. The largest absolute Gasteiger partial charge is 0.493 e. The van der Waals surface area contributed by atoms with Crippen molar-refractivity contribution in [2.75, 3.05) is 27.4 Å². The van der Waals surface area contributed by atoms with E-state index in [1.807, 2.05) is 6.07 Å². The summed E-state index contributed by atoms with van der Waals surface area (Å²) >= 11 is 0. The molecule has 1 fully saturated rings. The maximum atomic E-state index is 5.74. The first-order valence-corrected chi connectivity index (χ1v) is 6.90. The molecule has 1 unspecified atom stereocenters. The van der Waals surface area contributed by atoms with Gasteiger partial charge in [-0.1, -0.05) is 0 Å². The van der Waals surface area contributed by atoms with Crippen molar-refractivity contribution in [3.8, 4) is 11.5 Å². The van der Waals surface area contributed by atoms with Gasteiger partial charge < -0.3 is 14.2 Å². The molecule has 0 N–H and O–H groups in total. The quantitative estimate of drug-likeness (QED) is 0.845. The Balaban J connectivity index is 2.24. The van der Waals surface area contributed by atoms with Crippen LogP contribution in [0.3, 0.4) is 0 Å². The second kappa shape index (κ2) is 5.97. The van der Waals surface area contributed by atoms with Crippen LogP contribution in [0.2, 0.25) is 0 Å². The molecule has 1 saturated heterocycles. The van der Waals surface area contributed by atoms with Gasteiger partial charge in [0.1, 0.15) is 5.69 Å². The first kappa shape index (κ1) is 15.1. The average molecular weight is 280 g/mol. The molecule has 1 aliphatic rings. The zero-order valence-corrected chi connectivity index (χ0v) is 13.0. The summed E-state index contributed by atoms with van der Waals surface area (Å²) in [6.45, 7) is 8.80. The minimum Gasteiger partial charge on any atom is -0.493 e. The highest BCUT2D eigenvalue weighted by Crippen LogP contribution is 2.32. The van der Waals surface area contributed by atoms with Gasteiger partial charge in [-0.2, -0.15) is 0 Å². The van der Waals surface area contributed by atoms with Gasteiger partial charge in [0.15, 0.2) is 11.5 Å². The number of hydrogen-bond acceptors (Lipinski definition) is 5. The number of rotatable bonds is 4. The van der Waals surface area contributed by atoms with E-state index in [0.29, 0.717) is 5.75 Å². The van der Waals surface area contributed by atoms with Gasteiger partial charge in [-0.05, 0) is 20.8 Å². The average Bonchev–Trinajstić information content (AvgIpc) is 2.43. The first-order chi connectivity index (χ1) is 9.47. The molecule has 0 aromatic carbocycles. The van der Waals surface area contributed by atoms with Crippen LogP contribution in [0.15, 0.2) is 12.3 Å². The highest BCUT2D eigenvalue weighted by molar-refractivity contribution is 5.42. The van der Waals surface area contributed by atoms with Crippen LogP contribution >= 0.6 is 0 Å². The Morgan fingerprint density at radius 1 is 1.40 bits per heavy atom. The molecular formula is C15H24N2O3. The molecule has 0 amide bonds. The zero-order valence-electron chi connectivity index (χ0n) is 13.0. The number of pyridine rings is 1. The Morgan fingerprint density at radius 3 is 2.80 bits per heavy atom. The molecule has 1 atom stereocenters. The van der Waals surface area contributed by atoms with Gasteiger partial charge in [0.2, 0.25) is 0 Å². The van der Waals surface area contributed by atoms with Crippen molar-refractivity contribution >= 4 is 0 Å². The second-order valence-corrected chi connectivity index (χ2v) is 5.81. The SMILES string of the molecule is COc1ccnc(CN2CC(C)OCC2(C)C)c1OC. The fourth-order valence-electron chi connectivity index (χ4n) is 2.47. The third kappa shape index (κ3) is 3.04. The summed E-state index contributed by atoms with van der Waals surface area (Å²) in [6.07, 6.45) is 1.99. The minimum absolute atomic E-state index is 0.0116. The predicted octanol–water partition coefficient (Wildman–Crippen LogP) is 2.10. The smallest absolute Gasteiger partial charge is 0.183 e. The molecule has 20 heavy (non-hydrogen) atoms. The van der Waals surface area contributed by atoms with Crippen molar-refractivity contribution in [2.45, 2.75) is 39.0 Å². The van der Waals surface area contributed by atoms with Crippen molar-refractivity contribution in [1.29, 1.82) is 0 Å². The van der Waals surface area contributed by atoms with E-state index < -0.39 is 0 Å². The van der Waals surface area contributed by atoms with Gasteiger partial charge >= 0.3 is 0 Å². The maximum absolute atomic E-state index is 5.74. The molecule has 2 rings (SSSR count). The summed E-state index contributed by atoms with van der Waals surface area (Å²) in [5.74, 6) is 1.43. The summed E-state index contributed by atoms with van der Waals surface area (Å²) in [4.78, 5) is 6.84. The molecular weight excluding hydrogens is 256 g/mol. The number of ether oxygens (including phenoxy) is 3. The molecule has 5 heteroatoms. The fourth-order valence-corrected chi connectivity index (χ4v) is 2.47. The van der Waals surface area contributed by atoms with E-state index >= 15 is 0 Å². The number of nitrogens with zero attached hydrogens (tertiary/aromatic N) is 2. The first-order valence-electron chi connectivity index (χ1n) is 6.90. The minimum atomic E-state index is -0.0116. The molecule has 0 aliphatic carbocycles. The number of hydrogen-bond donors (Lipinski definition) is 0. The Morgan fingerprint density at radius 2 is 2.15 bits per heavy atom. The Kier molecular flexibility index (Phi) is 4.50. The van der Waals surface area contributed by atoms with E-state index in [0.717, 1.165) is 31.1 Å². The van der Waals surface area contributed by atoms with Crippen LogP contribution in [0.5, 0.6) is 11.5 Å². The molecule has 1 aromatic rings. The van der Waals surface area contributed by atoms with Gasteiger partial charge in [0.05, 0.1) is 26.9 Å². The van der Waals surface area contributed by atoms with Crippen molar-refractivity contribution in [1.82, 2.24) is 9.88 Å². The van der Waals surface area contributed by atoms with Crippen LogP contribution in [-0.2, 0) is 11.3 Å². The van der Waals surface area contributed by atoms with E-state index in [2.05, 4.69) is 30.7 Å². The van der Waals surface area contributed by atoms with Crippen LogP contribution in [0.1, 0.15) is 26.5 Å². The van der Waals surface area contributed by atoms with E-state index in [1.54, 1.807) is 20.4 Å². The van der Waals surface area contributed by atoms with Crippen LogP contribution in [0, 0.1) is 0 Å². The topological polar surface area (TPSA) is 43.8 Å². The fraction of sp³-hybridized carbons (Fsp3) is 0.667. The van der Waals surface area contributed by atoms with Crippen LogP contribution in [0.25, 0.3) is 0 Å². The van der Waals surface area contributed by atoms with Gasteiger partial charge in [0, 0.05) is 30.9 Å². The number of aromatic nitrogens is 1. The molecule has 5 nitrogen and oxygen atoms in total. The lowest BCUT2D eigenvalue weighted by Gasteiger charge is -2.44. The van der Waals surface area contributed by atoms with Gasteiger partial charge in [-0.3, -0.25) is 9.88 Å². The highest BCUT2D eigenvalue weighted by Gasteiger charge is 2.34. The lowest BCUT2D eigenvalue weighted by atomic mass is 10.0. The molecule has 0 saturated carbocycles. The van der Waals surface area contributed by atoms with Crippen molar-refractivity contribution in [2.24, 2.45) is 0 Å². The third-order valence-electron chi connectivity index (χ3n) is 3.76. The van der Waals surface area contributed by atoms with Gasteiger partial charge in [-0.25, -0.2) is 0 Å². The monoisotopic (exact) mass is 280 g/mol. The summed E-state index contributed by atoms with van der Waals surface area (Å²) in [5, 5.41) is 0. The summed E-state index contributed by atoms with van der Waals surface area (Å²) < 4.78 is 16.5. The van der Waals surface area contributed by atoms with E-state index in [4.69, 9.17) is 14.2 Å². The van der Waals surface area contributed by atoms with Crippen molar-refractivity contribution in [3.05, 3.63) is 18.0 Å². The molecule has 1 aromatic heterocycles. The van der Waals surface area contributed by atoms with Crippen molar-refractivity contribution in [3.63, 3.8) is 0 Å². The molecule has 112 valence electrons. The Hall–Kier alpha value is -1.33. The molecule has 0 radical (unpaired) electrons. The third-order valence-corrected chi connectivity index (χ3v) is 3.76. The van der Waals surface area contributed by atoms with Crippen LogP contribution in [-0.4, -0.2) is 48.9 Å². The van der Waals surface area contributed by atoms with Gasteiger partial charge in [0.25, 0.3) is 0 Å². The predicted molar refractivity (Wildman–Crippen MR) is 77.2 cm³/mol. The lowest BCUT2D eigenvalue weighted by Crippen LogP contribution is -2.55. The van der Waals surface area contributed by atoms with Crippen LogP contribution in [0.4, 0.5) is 0 Å². The van der Waals surface area contributed by atoms with Crippen molar-refractivity contribution < 1.29 is 14.2 Å². The van der Waals surface area contributed by atoms with Gasteiger partial charge in [-0.15, -0.1) is 0 Å². The normalized spacial score (nSPS) is 22.6. The van der Waals surface area contributed by atoms with E-state index in [9.17, 15) is 0 Å². The standard InChI is InChI=1S/C15H24N2O3/c1-11-8-17(15(2,3)10-20-11)9-12-14(19-5)13(18-4)6-7-16-12/h6-7,11H,8-10H2,1-5H3. The lowest BCUT2D eigenvalue weighted by molar-refractivity contribution is -0.0955. The highest BCUT2D eigenvalue weighted by atomic mass is 16.5. The zero-order chi connectivity index (χ0) is 14.8. The Labute approximate surface area is 120 Å². The van der Waals surface area contributed by atoms with Crippen LogP contribution < -0.4 is 9.47 Å². The number of morpholine rings is 1. The molecule has 2 heterocycles. The summed E-state index contributed by atoms with van der Waals surface area (Å²) in [5.41, 5.74) is 0.886. The maximum Gasteiger partial charge on any atom is 0.183 e. The number of methoxy groups -OCH3 is 2. The molecule has 1 aliphatic heterocycles. The van der Waals surface area contributed by atoms with E-state index in [-0.39, 0.29) is 11.6 Å². The second-order valence-electron chi connectivity index (χ2n) is 5.81. The van der Waals surface area contributed by atoms with E-state index in [1.165, 1.54) is 0 Å². The molecule has 0 spiro atoms. The Bertz CT molecular complexity index is 462. The summed E-state index contributed by atoms with van der Waals surface area (Å²) in [7, 11) is 3.29. The molecule has 0 bridgehead atoms.